The van der Waals surface area contributed by atoms with Crippen LogP contribution < -0.4 is 5.32 Å². The first kappa shape index (κ1) is 11.4. The Labute approximate surface area is 112 Å². The van der Waals surface area contributed by atoms with Crippen LogP contribution in [0.25, 0.3) is 10.2 Å². The molecule has 0 spiro atoms. The standard InChI is InChI=1S/C11H10ClN5S/c1-13-10-8-2-3-18-11(8)16-9(15-10)6-17-5-7(12)4-14-17/h2-5H,6H2,1H3,(H,13,15,16). The van der Waals surface area contributed by atoms with Gasteiger partial charge in [0.25, 0.3) is 0 Å². The fourth-order valence-electron chi connectivity index (χ4n) is 1.73. The maximum atomic E-state index is 5.83. The van der Waals surface area contributed by atoms with E-state index in [1.165, 1.54) is 0 Å². The summed E-state index contributed by atoms with van der Waals surface area (Å²) in [5.74, 6) is 1.56. The molecule has 3 heterocycles. The number of hydrogen-bond donors (Lipinski definition) is 1. The lowest BCUT2D eigenvalue weighted by molar-refractivity contribution is 0.659. The van der Waals surface area contributed by atoms with Crippen LogP contribution in [0.1, 0.15) is 5.82 Å². The van der Waals surface area contributed by atoms with Crippen LogP contribution in [0, 0.1) is 0 Å². The van der Waals surface area contributed by atoms with Gasteiger partial charge in [-0.1, -0.05) is 11.6 Å². The zero-order valence-corrected chi connectivity index (χ0v) is 11.2. The highest BCUT2D eigenvalue weighted by Gasteiger charge is 2.08. The molecule has 0 bridgehead atoms. The van der Waals surface area contributed by atoms with Gasteiger partial charge in [-0.05, 0) is 11.4 Å². The molecule has 7 heteroatoms. The average molecular weight is 280 g/mol. The van der Waals surface area contributed by atoms with Crippen molar-refractivity contribution in [3.8, 4) is 0 Å². The number of nitrogens with one attached hydrogen (secondary N) is 1. The van der Waals surface area contributed by atoms with E-state index in [1.54, 1.807) is 28.4 Å². The number of halogens is 1. The third kappa shape index (κ3) is 2.04. The molecular weight excluding hydrogens is 270 g/mol. The second-order valence-corrected chi connectivity index (χ2v) is 5.07. The highest BCUT2D eigenvalue weighted by molar-refractivity contribution is 7.16. The van der Waals surface area contributed by atoms with Gasteiger partial charge in [-0.2, -0.15) is 5.10 Å². The summed E-state index contributed by atoms with van der Waals surface area (Å²) in [6.45, 7) is 0.509. The SMILES string of the molecule is CNc1nc(Cn2cc(Cl)cn2)nc2sccc12. The first-order chi connectivity index (χ1) is 8.76. The third-order valence-corrected chi connectivity index (χ3v) is 3.52. The minimum absolute atomic E-state index is 0.509. The molecule has 3 aromatic rings. The van der Waals surface area contributed by atoms with E-state index in [0.29, 0.717) is 17.4 Å². The molecule has 0 saturated heterocycles. The molecule has 1 N–H and O–H groups in total. The summed E-state index contributed by atoms with van der Waals surface area (Å²) >= 11 is 7.43. The fourth-order valence-corrected chi connectivity index (χ4v) is 2.67. The Bertz CT molecular complexity index is 690. The van der Waals surface area contributed by atoms with Gasteiger partial charge in [0.15, 0.2) is 5.82 Å². The molecule has 0 saturated carbocycles. The number of rotatable bonds is 3. The second kappa shape index (κ2) is 4.55. The molecule has 5 nitrogen and oxygen atoms in total. The summed E-state index contributed by atoms with van der Waals surface area (Å²) in [4.78, 5) is 9.96. The van der Waals surface area contributed by atoms with Gasteiger partial charge in [0.1, 0.15) is 17.2 Å². The van der Waals surface area contributed by atoms with Crippen LogP contribution in [-0.4, -0.2) is 26.8 Å². The molecule has 0 aromatic carbocycles. The summed E-state index contributed by atoms with van der Waals surface area (Å²) in [5, 5.41) is 10.9. The van der Waals surface area contributed by atoms with Crippen LogP contribution in [0.5, 0.6) is 0 Å². The molecule has 18 heavy (non-hydrogen) atoms. The van der Waals surface area contributed by atoms with Crippen molar-refractivity contribution in [1.82, 2.24) is 19.7 Å². The van der Waals surface area contributed by atoms with Gasteiger partial charge < -0.3 is 5.32 Å². The molecule has 3 rings (SSSR count). The van der Waals surface area contributed by atoms with Gasteiger partial charge in [-0.3, -0.25) is 4.68 Å². The molecule has 0 atom stereocenters. The van der Waals surface area contributed by atoms with Crippen LogP contribution in [-0.2, 0) is 6.54 Å². The van der Waals surface area contributed by atoms with Crippen molar-refractivity contribution in [1.29, 1.82) is 0 Å². The summed E-state index contributed by atoms with van der Waals surface area (Å²) in [7, 11) is 1.86. The molecule has 0 fully saturated rings. The van der Waals surface area contributed by atoms with Crippen molar-refractivity contribution in [3.05, 3.63) is 34.7 Å². The lowest BCUT2D eigenvalue weighted by atomic mass is 10.3. The molecule has 0 amide bonds. The molecule has 0 aliphatic rings. The predicted molar refractivity (Wildman–Crippen MR) is 73.3 cm³/mol. The van der Waals surface area contributed by atoms with E-state index in [1.807, 2.05) is 18.5 Å². The van der Waals surface area contributed by atoms with E-state index in [9.17, 15) is 0 Å². The van der Waals surface area contributed by atoms with Gasteiger partial charge in [-0.25, -0.2) is 9.97 Å². The number of thiophene rings is 1. The fraction of sp³-hybridized carbons (Fsp3) is 0.182. The molecule has 92 valence electrons. The monoisotopic (exact) mass is 279 g/mol. The molecular formula is C11H10ClN5S. The Hall–Kier alpha value is -1.66. The second-order valence-electron chi connectivity index (χ2n) is 3.73. The van der Waals surface area contributed by atoms with E-state index < -0.39 is 0 Å². The first-order valence-electron chi connectivity index (χ1n) is 5.36. The number of aromatic nitrogens is 4. The zero-order chi connectivity index (χ0) is 12.5. The highest BCUT2D eigenvalue weighted by atomic mass is 35.5. The maximum Gasteiger partial charge on any atom is 0.153 e. The Morgan fingerprint density at radius 1 is 1.44 bits per heavy atom. The van der Waals surface area contributed by atoms with Crippen molar-refractivity contribution in [3.63, 3.8) is 0 Å². The molecule has 3 aromatic heterocycles. The largest absolute Gasteiger partial charge is 0.372 e. The lowest BCUT2D eigenvalue weighted by Gasteiger charge is -2.05. The van der Waals surface area contributed by atoms with E-state index in [-0.39, 0.29) is 0 Å². The predicted octanol–water partition coefficient (Wildman–Crippen LogP) is 2.63. The van der Waals surface area contributed by atoms with Crippen molar-refractivity contribution in [2.24, 2.45) is 0 Å². The van der Waals surface area contributed by atoms with Crippen LogP contribution in [0.4, 0.5) is 5.82 Å². The first-order valence-corrected chi connectivity index (χ1v) is 6.62. The number of anilines is 1. The summed E-state index contributed by atoms with van der Waals surface area (Å²) in [5.41, 5.74) is 0. The summed E-state index contributed by atoms with van der Waals surface area (Å²) in [6.07, 6.45) is 3.35. The van der Waals surface area contributed by atoms with Crippen LogP contribution >= 0.6 is 22.9 Å². The lowest BCUT2D eigenvalue weighted by Crippen LogP contribution is -2.06. The van der Waals surface area contributed by atoms with Gasteiger partial charge in [0.05, 0.1) is 16.6 Å². The van der Waals surface area contributed by atoms with Gasteiger partial charge in [0, 0.05) is 13.2 Å². The Kier molecular flexibility index (Phi) is 2.89. The quantitative estimate of drug-likeness (QED) is 0.801. The highest BCUT2D eigenvalue weighted by Crippen LogP contribution is 2.24. The van der Waals surface area contributed by atoms with Crippen molar-refractivity contribution >= 4 is 39.0 Å². The summed E-state index contributed by atoms with van der Waals surface area (Å²) in [6, 6.07) is 2.01. The maximum absolute atomic E-state index is 5.83. The summed E-state index contributed by atoms with van der Waals surface area (Å²) < 4.78 is 1.72. The Balaban J connectivity index is 2.01. The van der Waals surface area contributed by atoms with E-state index in [4.69, 9.17) is 11.6 Å². The van der Waals surface area contributed by atoms with E-state index in [2.05, 4.69) is 20.4 Å². The van der Waals surface area contributed by atoms with Gasteiger partial charge >= 0.3 is 0 Å². The minimum Gasteiger partial charge on any atom is -0.372 e. The van der Waals surface area contributed by atoms with Crippen LogP contribution in [0.2, 0.25) is 5.02 Å². The minimum atomic E-state index is 0.509. The van der Waals surface area contributed by atoms with Crippen LogP contribution in [0.3, 0.4) is 0 Å². The van der Waals surface area contributed by atoms with E-state index >= 15 is 0 Å². The number of hydrogen-bond acceptors (Lipinski definition) is 5. The van der Waals surface area contributed by atoms with Gasteiger partial charge in [0.2, 0.25) is 0 Å². The molecule has 0 aliphatic heterocycles. The zero-order valence-electron chi connectivity index (χ0n) is 9.59. The average Bonchev–Trinajstić information content (AvgIpc) is 2.97. The van der Waals surface area contributed by atoms with Crippen molar-refractivity contribution in [2.45, 2.75) is 6.54 Å². The molecule has 0 unspecified atom stereocenters. The number of nitrogens with zero attached hydrogens (tertiary/aromatic N) is 4. The Morgan fingerprint density at radius 2 is 2.33 bits per heavy atom. The van der Waals surface area contributed by atoms with Crippen molar-refractivity contribution < 1.29 is 0 Å². The topological polar surface area (TPSA) is 55.6 Å². The van der Waals surface area contributed by atoms with Crippen LogP contribution in [0.15, 0.2) is 23.8 Å². The third-order valence-electron chi connectivity index (χ3n) is 2.51. The number of fused-ring (bicyclic) bond motifs is 1. The van der Waals surface area contributed by atoms with Gasteiger partial charge in [-0.15, -0.1) is 11.3 Å². The molecule has 0 aliphatic carbocycles. The van der Waals surface area contributed by atoms with E-state index in [0.717, 1.165) is 16.0 Å². The molecule has 0 radical (unpaired) electrons. The van der Waals surface area contributed by atoms with Crippen molar-refractivity contribution in [2.75, 3.05) is 12.4 Å². The Morgan fingerprint density at radius 3 is 3.06 bits per heavy atom. The normalized spacial score (nSPS) is 11.0. The smallest absolute Gasteiger partial charge is 0.153 e.